The first kappa shape index (κ1) is 18.0. The Bertz CT molecular complexity index is 770. The largest absolute Gasteiger partial charge is 0.494 e. The fraction of sp³-hybridized carbons (Fsp3) is 0.389. The zero-order valence-electron chi connectivity index (χ0n) is 13.9. The molecule has 0 aliphatic carbocycles. The lowest BCUT2D eigenvalue weighted by Gasteiger charge is -2.33. The van der Waals surface area contributed by atoms with E-state index in [1.165, 1.54) is 6.20 Å². The summed E-state index contributed by atoms with van der Waals surface area (Å²) in [5, 5.41) is 8.31. The van der Waals surface area contributed by atoms with E-state index < -0.39 is 0 Å². The number of aromatic nitrogens is 2. The van der Waals surface area contributed by atoms with Gasteiger partial charge in [0.1, 0.15) is 5.75 Å². The highest BCUT2D eigenvalue weighted by atomic mass is 35.5. The highest BCUT2D eigenvalue weighted by Crippen LogP contribution is 2.35. The number of hydrogen-bond donors (Lipinski definition) is 0. The minimum atomic E-state index is -0.0755. The molecule has 1 aromatic heterocycles. The van der Waals surface area contributed by atoms with Crippen LogP contribution in [0.2, 0.25) is 10.2 Å². The molecule has 2 heterocycles. The minimum Gasteiger partial charge on any atom is -0.494 e. The van der Waals surface area contributed by atoms with E-state index in [-0.39, 0.29) is 17.0 Å². The first-order valence-electron chi connectivity index (χ1n) is 8.28. The molecule has 0 radical (unpaired) electrons. The third-order valence-corrected chi connectivity index (χ3v) is 4.72. The van der Waals surface area contributed by atoms with Gasteiger partial charge in [-0.1, -0.05) is 29.3 Å². The first-order valence-corrected chi connectivity index (χ1v) is 9.04. The summed E-state index contributed by atoms with van der Waals surface area (Å²) in [6.07, 6.45) is 3.38. The number of rotatable bonds is 4. The van der Waals surface area contributed by atoms with Gasteiger partial charge in [0.2, 0.25) is 0 Å². The summed E-state index contributed by atoms with van der Waals surface area (Å²) in [5.74, 6) is 0.929. The number of carbonyl (C=O) groups is 1. The standard InChI is InChI=1S/C18H19Cl2N3O2/c1-2-25-16-9-14(19)5-6-15(16)12-4-3-7-23(11-12)18(24)13-8-17(20)22-21-10-13/h5-6,8-10,12H,2-4,7,11H2,1H3. The Morgan fingerprint density at radius 2 is 2.20 bits per heavy atom. The first-order chi connectivity index (χ1) is 12.1. The molecule has 0 N–H and O–H groups in total. The molecule has 3 rings (SSSR count). The second kappa shape index (κ2) is 8.02. The smallest absolute Gasteiger partial charge is 0.255 e. The number of halogens is 2. The quantitative estimate of drug-likeness (QED) is 0.798. The zero-order valence-corrected chi connectivity index (χ0v) is 15.4. The highest BCUT2D eigenvalue weighted by molar-refractivity contribution is 6.30. The number of benzene rings is 1. The van der Waals surface area contributed by atoms with Crippen molar-refractivity contribution in [2.75, 3.05) is 19.7 Å². The Morgan fingerprint density at radius 3 is 2.96 bits per heavy atom. The maximum atomic E-state index is 12.7. The van der Waals surface area contributed by atoms with Gasteiger partial charge in [0.15, 0.2) is 5.15 Å². The van der Waals surface area contributed by atoms with Gasteiger partial charge in [-0.3, -0.25) is 4.79 Å². The fourth-order valence-electron chi connectivity index (χ4n) is 3.18. The van der Waals surface area contributed by atoms with Crippen molar-refractivity contribution in [3.63, 3.8) is 0 Å². The van der Waals surface area contributed by atoms with Gasteiger partial charge in [0.25, 0.3) is 5.91 Å². The molecule has 1 atom stereocenters. The lowest BCUT2D eigenvalue weighted by atomic mass is 9.89. The molecule has 1 aliphatic heterocycles. The molecule has 0 bridgehead atoms. The van der Waals surface area contributed by atoms with Gasteiger partial charge in [-0.15, -0.1) is 5.10 Å². The summed E-state index contributed by atoms with van der Waals surface area (Å²) >= 11 is 11.9. The van der Waals surface area contributed by atoms with Crippen LogP contribution in [0, 0.1) is 0 Å². The number of ether oxygens (including phenoxy) is 1. The molecule has 2 aromatic rings. The summed E-state index contributed by atoms with van der Waals surface area (Å²) < 4.78 is 5.74. The van der Waals surface area contributed by atoms with Crippen LogP contribution in [0.4, 0.5) is 0 Å². The number of piperidine rings is 1. The number of nitrogens with zero attached hydrogens (tertiary/aromatic N) is 3. The Morgan fingerprint density at radius 1 is 1.36 bits per heavy atom. The molecule has 0 saturated carbocycles. The number of amides is 1. The van der Waals surface area contributed by atoms with Crippen LogP contribution in [0.5, 0.6) is 5.75 Å². The second-order valence-electron chi connectivity index (χ2n) is 5.97. The normalized spacial score (nSPS) is 17.4. The Labute approximate surface area is 156 Å². The maximum Gasteiger partial charge on any atom is 0.255 e. The van der Waals surface area contributed by atoms with Gasteiger partial charge in [-0.25, -0.2) is 0 Å². The minimum absolute atomic E-state index is 0.0755. The van der Waals surface area contributed by atoms with Crippen LogP contribution in [-0.4, -0.2) is 40.7 Å². The monoisotopic (exact) mass is 379 g/mol. The summed E-state index contributed by atoms with van der Waals surface area (Å²) in [5.41, 5.74) is 1.55. The maximum absolute atomic E-state index is 12.7. The highest BCUT2D eigenvalue weighted by Gasteiger charge is 2.27. The van der Waals surface area contributed by atoms with Crippen molar-refractivity contribution >= 4 is 29.1 Å². The van der Waals surface area contributed by atoms with E-state index in [0.29, 0.717) is 30.3 Å². The van der Waals surface area contributed by atoms with E-state index in [0.717, 1.165) is 24.2 Å². The summed E-state index contributed by atoms with van der Waals surface area (Å²) in [6.45, 7) is 3.86. The van der Waals surface area contributed by atoms with Crippen molar-refractivity contribution in [1.82, 2.24) is 15.1 Å². The molecule has 1 amide bonds. The van der Waals surface area contributed by atoms with Crippen LogP contribution in [0.3, 0.4) is 0 Å². The summed E-state index contributed by atoms with van der Waals surface area (Å²) in [6, 6.07) is 7.26. The SMILES string of the molecule is CCOc1cc(Cl)ccc1C1CCCN(C(=O)c2cnnc(Cl)c2)C1. The molecule has 1 aliphatic rings. The zero-order chi connectivity index (χ0) is 17.8. The van der Waals surface area contributed by atoms with Crippen molar-refractivity contribution in [3.8, 4) is 5.75 Å². The van der Waals surface area contributed by atoms with Crippen molar-refractivity contribution in [3.05, 3.63) is 51.8 Å². The molecule has 132 valence electrons. The average molecular weight is 380 g/mol. The molecule has 1 saturated heterocycles. The number of carbonyl (C=O) groups excluding carboxylic acids is 1. The number of likely N-dealkylation sites (tertiary alicyclic amines) is 1. The van der Waals surface area contributed by atoms with Crippen LogP contribution < -0.4 is 4.74 Å². The fourth-order valence-corrected chi connectivity index (χ4v) is 3.50. The van der Waals surface area contributed by atoms with Crippen LogP contribution in [-0.2, 0) is 0 Å². The molecule has 25 heavy (non-hydrogen) atoms. The Kier molecular flexibility index (Phi) is 5.76. The molecular weight excluding hydrogens is 361 g/mol. The van der Waals surface area contributed by atoms with E-state index in [1.54, 1.807) is 6.07 Å². The van der Waals surface area contributed by atoms with Gasteiger partial charge >= 0.3 is 0 Å². The van der Waals surface area contributed by atoms with E-state index in [1.807, 2.05) is 30.0 Å². The van der Waals surface area contributed by atoms with Crippen LogP contribution in [0.1, 0.15) is 41.6 Å². The molecule has 1 fully saturated rings. The van der Waals surface area contributed by atoms with Crippen molar-refractivity contribution in [2.24, 2.45) is 0 Å². The van der Waals surface area contributed by atoms with Crippen LogP contribution in [0.25, 0.3) is 0 Å². The van der Waals surface area contributed by atoms with Crippen molar-refractivity contribution in [2.45, 2.75) is 25.7 Å². The van der Waals surface area contributed by atoms with Crippen LogP contribution >= 0.6 is 23.2 Å². The topological polar surface area (TPSA) is 55.3 Å². The summed E-state index contributed by atoms with van der Waals surface area (Å²) in [7, 11) is 0. The molecular formula is C18H19Cl2N3O2. The third-order valence-electron chi connectivity index (χ3n) is 4.30. The van der Waals surface area contributed by atoms with E-state index in [4.69, 9.17) is 27.9 Å². The van der Waals surface area contributed by atoms with Gasteiger partial charge < -0.3 is 9.64 Å². The number of hydrogen-bond acceptors (Lipinski definition) is 4. The third kappa shape index (κ3) is 4.22. The van der Waals surface area contributed by atoms with E-state index in [9.17, 15) is 4.79 Å². The summed E-state index contributed by atoms with van der Waals surface area (Å²) in [4.78, 5) is 14.6. The predicted octanol–water partition coefficient (Wildman–Crippen LogP) is 4.20. The molecule has 7 heteroatoms. The van der Waals surface area contributed by atoms with E-state index >= 15 is 0 Å². The van der Waals surface area contributed by atoms with E-state index in [2.05, 4.69) is 10.2 Å². The van der Waals surface area contributed by atoms with Gasteiger partial charge in [0.05, 0.1) is 18.4 Å². The molecule has 0 spiro atoms. The van der Waals surface area contributed by atoms with Crippen molar-refractivity contribution < 1.29 is 9.53 Å². The molecule has 1 aromatic carbocycles. The van der Waals surface area contributed by atoms with Gasteiger partial charge in [-0.2, -0.15) is 5.10 Å². The average Bonchev–Trinajstić information content (AvgIpc) is 2.62. The Hall–Kier alpha value is -1.85. The van der Waals surface area contributed by atoms with Crippen LogP contribution in [0.15, 0.2) is 30.5 Å². The Balaban J connectivity index is 1.81. The molecule has 5 nitrogen and oxygen atoms in total. The predicted molar refractivity (Wildman–Crippen MR) is 97.5 cm³/mol. The molecule has 1 unspecified atom stereocenters. The lowest BCUT2D eigenvalue weighted by molar-refractivity contribution is 0.0705. The lowest BCUT2D eigenvalue weighted by Crippen LogP contribution is -2.39. The second-order valence-corrected chi connectivity index (χ2v) is 6.80. The van der Waals surface area contributed by atoms with Crippen molar-refractivity contribution in [1.29, 1.82) is 0 Å². The van der Waals surface area contributed by atoms with Gasteiger partial charge in [0, 0.05) is 24.0 Å². The van der Waals surface area contributed by atoms with Gasteiger partial charge in [-0.05, 0) is 43.5 Å².